The number of anilines is 2. The van der Waals surface area contributed by atoms with Gasteiger partial charge >= 0.3 is 0 Å². The molecule has 2 heterocycles. The second kappa shape index (κ2) is 7.01. The van der Waals surface area contributed by atoms with E-state index in [2.05, 4.69) is 33.6 Å². The van der Waals surface area contributed by atoms with Gasteiger partial charge in [0.25, 0.3) is 10.9 Å². The van der Waals surface area contributed by atoms with Gasteiger partial charge in [-0.2, -0.15) is 0 Å². The third-order valence-corrected chi connectivity index (χ3v) is 5.20. The van der Waals surface area contributed by atoms with Gasteiger partial charge in [0.1, 0.15) is 11.4 Å². The van der Waals surface area contributed by atoms with Crippen molar-refractivity contribution >= 4 is 11.4 Å². The van der Waals surface area contributed by atoms with Crippen molar-refractivity contribution < 1.29 is 0 Å². The fourth-order valence-corrected chi connectivity index (χ4v) is 3.56. The molecule has 1 aromatic rings. The average Bonchev–Trinajstić information content (AvgIpc) is 2.59. The largest absolute Gasteiger partial charge is 0.364 e. The Hall–Kier alpha value is -1.40. The summed E-state index contributed by atoms with van der Waals surface area (Å²) in [4.78, 5) is 33.2. The molecule has 0 N–H and O–H groups in total. The lowest BCUT2D eigenvalue weighted by Crippen LogP contribution is -2.55. The van der Waals surface area contributed by atoms with Crippen LogP contribution < -0.4 is 20.7 Å². The number of piperazine rings is 2. The topological polar surface area (TPSA) is 47.1 Å². The maximum atomic E-state index is 12.1. The lowest BCUT2D eigenvalue weighted by Gasteiger charge is -2.40. The number of unbranched alkanes of at least 4 members (excludes halogenated alkanes) is 1. The molecule has 2 fully saturated rings. The van der Waals surface area contributed by atoms with Crippen LogP contribution in [0.2, 0.25) is 0 Å². The van der Waals surface area contributed by atoms with Crippen molar-refractivity contribution in [3.05, 3.63) is 20.4 Å². The Morgan fingerprint density at radius 2 is 1.26 bits per heavy atom. The molecule has 6 nitrogen and oxygen atoms in total. The van der Waals surface area contributed by atoms with Gasteiger partial charge in [-0.1, -0.05) is 13.3 Å². The molecule has 3 rings (SSSR count). The predicted molar refractivity (Wildman–Crippen MR) is 94.6 cm³/mol. The minimum atomic E-state index is -0.280. The van der Waals surface area contributed by atoms with Crippen LogP contribution in [0, 0.1) is 0 Å². The second-order valence-electron chi connectivity index (χ2n) is 6.83. The Balaban J connectivity index is 1.66. The SMILES string of the molecule is CCCCN1CCN(c2c(N3CCN(C)CC3)c(=O)c2=O)CC1. The first-order valence-corrected chi connectivity index (χ1v) is 8.86. The smallest absolute Gasteiger partial charge is 0.253 e. The van der Waals surface area contributed by atoms with Crippen molar-refractivity contribution in [3.63, 3.8) is 0 Å². The summed E-state index contributed by atoms with van der Waals surface area (Å²) < 4.78 is 0. The highest BCUT2D eigenvalue weighted by Crippen LogP contribution is 2.26. The number of hydrogen-bond donors (Lipinski definition) is 0. The van der Waals surface area contributed by atoms with E-state index in [0.717, 1.165) is 58.9 Å². The van der Waals surface area contributed by atoms with Gasteiger partial charge in [0, 0.05) is 52.4 Å². The van der Waals surface area contributed by atoms with Crippen LogP contribution in [0.25, 0.3) is 0 Å². The average molecular weight is 320 g/mol. The van der Waals surface area contributed by atoms with E-state index in [0.29, 0.717) is 11.4 Å². The van der Waals surface area contributed by atoms with E-state index >= 15 is 0 Å². The molecule has 0 saturated carbocycles. The molecule has 0 aromatic heterocycles. The third kappa shape index (κ3) is 3.28. The monoisotopic (exact) mass is 320 g/mol. The second-order valence-corrected chi connectivity index (χ2v) is 6.83. The van der Waals surface area contributed by atoms with Gasteiger partial charge in [-0.15, -0.1) is 0 Å². The zero-order valence-electron chi connectivity index (χ0n) is 14.4. The highest BCUT2D eigenvalue weighted by atomic mass is 16.2. The van der Waals surface area contributed by atoms with E-state index in [4.69, 9.17) is 0 Å². The van der Waals surface area contributed by atoms with Crippen LogP contribution in [0.5, 0.6) is 0 Å². The number of nitrogens with zero attached hydrogens (tertiary/aromatic N) is 4. The van der Waals surface area contributed by atoms with E-state index < -0.39 is 0 Å². The maximum absolute atomic E-state index is 12.1. The van der Waals surface area contributed by atoms with Crippen molar-refractivity contribution in [3.8, 4) is 0 Å². The number of rotatable bonds is 5. The van der Waals surface area contributed by atoms with Crippen molar-refractivity contribution in [1.82, 2.24) is 9.80 Å². The Morgan fingerprint density at radius 1 is 0.783 bits per heavy atom. The highest BCUT2D eigenvalue weighted by molar-refractivity contribution is 5.76. The zero-order chi connectivity index (χ0) is 16.4. The Bertz CT molecular complexity index is 592. The van der Waals surface area contributed by atoms with Crippen LogP contribution in [0.1, 0.15) is 19.8 Å². The zero-order valence-corrected chi connectivity index (χ0v) is 14.4. The van der Waals surface area contributed by atoms with E-state index in [1.807, 2.05) is 0 Å². The molecule has 128 valence electrons. The minimum absolute atomic E-state index is 0.277. The van der Waals surface area contributed by atoms with Gasteiger partial charge in [-0.05, 0) is 20.0 Å². The van der Waals surface area contributed by atoms with Crippen LogP contribution in [0.15, 0.2) is 9.59 Å². The fraction of sp³-hybridized carbons (Fsp3) is 0.765. The summed E-state index contributed by atoms with van der Waals surface area (Å²) in [5.74, 6) is 0. The Morgan fingerprint density at radius 3 is 1.74 bits per heavy atom. The summed E-state index contributed by atoms with van der Waals surface area (Å²) in [5.41, 5.74) is 0.818. The first-order chi connectivity index (χ1) is 11.1. The molecule has 0 unspecified atom stereocenters. The van der Waals surface area contributed by atoms with Gasteiger partial charge in [0.2, 0.25) is 0 Å². The summed E-state index contributed by atoms with van der Waals surface area (Å²) in [7, 11) is 2.09. The molecule has 2 aliphatic heterocycles. The van der Waals surface area contributed by atoms with E-state index in [1.165, 1.54) is 12.8 Å². The summed E-state index contributed by atoms with van der Waals surface area (Å²) in [6.45, 7) is 10.6. The molecule has 0 bridgehead atoms. The maximum Gasteiger partial charge on any atom is 0.253 e. The van der Waals surface area contributed by atoms with Gasteiger partial charge < -0.3 is 14.7 Å². The van der Waals surface area contributed by atoms with E-state index in [-0.39, 0.29) is 10.9 Å². The molecule has 0 radical (unpaired) electrons. The van der Waals surface area contributed by atoms with Crippen molar-refractivity contribution in [2.24, 2.45) is 0 Å². The van der Waals surface area contributed by atoms with Crippen molar-refractivity contribution in [1.29, 1.82) is 0 Å². The molecule has 0 amide bonds. The van der Waals surface area contributed by atoms with E-state index in [1.54, 1.807) is 0 Å². The number of hydrogen-bond acceptors (Lipinski definition) is 6. The van der Waals surface area contributed by atoms with Gasteiger partial charge in [-0.25, -0.2) is 0 Å². The van der Waals surface area contributed by atoms with Crippen LogP contribution >= 0.6 is 0 Å². The molecular weight excluding hydrogens is 292 g/mol. The number of likely N-dealkylation sites (N-methyl/N-ethyl adjacent to an activating group) is 1. The van der Waals surface area contributed by atoms with E-state index in [9.17, 15) is 9.59 Å². The van der Waals surface area contributed by atoms with Crippen molar-refractivity contribution in [2.45, 2.75) is 19.8 Å². The third-order valence-electron chi connectivity index (χ3n) is 5.20. The first kappa shape index (κ1) is 16.5. The van der Waals surface area contributed by atoms with Gasteiger partial charge in [-0.3, -0.25) is 14.5 Å². The lowest BCUT2D eigenvalue weighted by molar-refractivity contribution is 0.254. The normalized spacial score (nSPS) is 21.3. The predicted octanol–water partition coefficient (Wildman–Crippen LogP) is -0.0435. The first-order valence-electron chi connectivity index (χ1n) is 8.86. The minimum Gasteiger partial charge on any atom is -0.364 e. The summed E-state index contributed by atoms with van der Waals surface area (Å²) in [6, 6.07) is 0. The Labute approximate surface area is 138 Å². The quantitative estimate of drug-likeness (QED) is 0.710. The summed E-state index contributed by atoms with van der Waals surface area (Å²) >= 11 is 0. The van der Waals surface area contributed by atoms with Crippen LogP contribution in [-0.4, -0.2) is 75.8 Å². The summed E-state index contributed by atoms with van der Waals surface area (Å²) in [6.07, 6.45) is 2.44. The van der Waals surface area contributed by atoms with Crippen LogP contribution in [-0.2, 0) is 0 Å². The highest BCUT2D eigenvalue weighted by Gasteiger charge is 2.32. The molecule has 2 saturated heterocycles. The van der Waals surface area contributed by atoms with Crippen LogP contribution in [0.4, 0.5) is 11.4 Å². The van der Waals surface area contributed by atoms with Gasteiger partial charge in [0.15, 0.2) is 0 Å². The molecule has 0 atom stereocenters. The van der Waals surface area contributed by atoms with Crippen molar-refractivity contribution in [2.75, 3.05) is 75.8 Å². The fourth-order valence-electron chi connectivity index (χ4n) is 3.56. The molecule has 23 heavy (non-hydrogen) atoms. The molecule has 6 heteroatoms. The lowest BCUT2D eigenvalue weighted by atomic mass is 10.1. The molecule has 1 aromatic carbocycles. The molecular formula is C17H28N4O2. The van der Waals surface area contributed by atoms with Gasteiger partial charge in [0.05, 0.1) is 0 Å². The summed E-state index contributed by atoms with van der Waals surface area (Å²) in [5, 5.41) is 0. The van der Waals surface area contributed by atoms with Crippen LogP contribution in [0.3, 0.4) is 0 Å². The standard InChI is InChI=1S/C17H28N4O2/c1-3-4-5-19-8-12-21(13-9-19)15-14(16(22)17(15)23)20-10-6-18(2)7-11-20/h3-13H2,1-2H3. The molecule has 0 spiro atoms. The Kier molecular flexibility index (Phi) is 5.02. The molecule has 0 aliphatic carbocycles. The molecule has 2 aliphatic rings.